The Balaban J connectivity index is 2.98. The zero-order valence-corrected chi connectivity index (χ0v) is 17.5. The molecule has 0 saturated carbocycles. The van der Waals surface area contributed by atoms with Crippen molar-refractivity contribution in [2.75, 3.05) is 46.7 Å². The van der Waals surface area contributed by atoms with Crippen molar-refractivity contribution in [1.29, 1.82) is 0 Å². The minimum atomic E-state index is -3.45. The van der Waals surface area contributed by atoms with E-state index in [9.17, 15) is 8.42 Å². The van der Waals surface area contributed by atoms with Gasteiger partial charge in [-0.15, -0.1) is 0 Å². The molecule has 6 nitrogen and oxygen atoms in total. The van der Waals surface area contributed by atoms with Crippen molar-refractivity contribution in [3.8, 4) is 17.2 Å². The van der Waals surface area contributed by atoms with E-state index in [2.05, 4.69) is 18.7 Å². The first-order valence-corrected chi connectivity index (χ1v) is 10.8. The van der Waals surface area contributed by atoms with Crippen LogP contribution in [0.1, 0.15) is 39.5 Å². The summed E-state index contributed by atoms with van der Waals surface area (Å²) >= 11 is 0. The molecule has 0 radical (unpaired) electrons. The molecule has 0 aliphatic heterocycles. The topological polar surface area (TPSA) is 65.1 Å². The summed E-state index contributed by atoms with van der Waals surface area (Å²) in [5.41, 5.74) is 0. The SMILES string of the molecule is CCCCN(CCCC)CCS(=O)(=O)c1cc(OC)c(OC)c(OC)c1. The quantitative estimate of drug-likeness (QED) is 0.517. The third kappa shape index (κ3) is 6.36. The van der Waals surface area contributed by atoms with Gasteiger partial charge in [-0.05, 0) is 25.9 Å². The first-order valence-electron chi connectivity index (χ1n) is 9.18. The Bertz CT molecular complexity index is 612. The molecule has 150 valence electrons. The van der Waals surface area contributed by atoms with Crippen molar-refractivity contribution in [1.82, 2.24) is 4.90 Å². The Morgan fingerprint density at radius 2 is 1.35 bits per heavy atom. The zero-order valence-electron chi connectivity index (χ0n) is 16.7. The van der Waals surface area contributed by atoms with Gasteiger partial charge in [0, 0.05) is 18.7 Å². The average Bonchev–Trinajstić information content (AvgIpc) is 2.65. The number of rotatable bonds is 13. The van der Waals surface area contributed by atoms with Crippen molar-refractivity contribution >= 4 is 9.84 Å². The maximum absolute atomic E-state index is 12.8. The smallest absolute Gasteiger partial charge is 0.203 e. The predicted molar refractivity (Wildman–Crippen MR) is 104 cm³/mol. The van der Waals surface area contributed by atoms with Gasteiger partial charge < -0.3 is 19.1 Å². The van der Waals surface area contributed by atoms with Crippen LogP contribution >= 0.6 is 0 Å². The molecule has 7 heteroatoms. The van der Waals surface area contributed by atoms with E-state index in [-0.39, 0.29) is 10.6 Å². The summed E-state index contributed by atoms with van der Waals surface area (Å²) in [4.78, 5) is 2.43. The van der Waals surface area contributed by atoms with Crippen LogP contribution in [0.2, 0.25) is 0 Å². The monoisotopic (exact) mass is 387 g/mol. The lowest BCUT2D eigenvalue weighted by Crippen LogP contribution is -2.31. The fraction of sp³-hybridized carbons (Fsp3) is 0.684. The predicted octanol–water partition coefficient (Wildman–Crippen LogP) is 3.39. The Morgan fingerprint density at radius 3 is 1.73 bits per heavy atom. The van der Waals surface area contributed by atoms with Gasteiger partial charge in [0.25, 0.3) is 0 Å². The molecule has 0 aromatic heterocycles. The standard InChI is InChI=1S/C19H33NO5S/c1-6-8-10-20(11-9-7-2)12-13-26(21,22)16-14-17(23-3)19(25-5)18(15-16)24-4/h14-15H,6-13H2,1-5H3. The first kappa shape index (κ1) is 22.6. The molecule has 0 aliphatic carbocycles. The van der Waals surface area contributed by atoms with Crippen LogP contribution in [-0.4, -0.2) is 60.0 Å². The summed E-state index contributed by atoms with van der Waals surface area (Å²) in [7, 11) is 0.995. The number of ether oxygens (including phenoxy) is 3. The number of unbranched alkanes of at least 4 members (excludes halogenated alkanes) is 2. The molecule has 0 N–H and O–H groups in total. The van der Waals surface area contributed by atoms with E-state index >= 15 is 0 Å². The van der Waals surface area contributed by atoms with Crippen LogP contribution in [-0.2, 0) is 9.84 Å². The Hall–Kier alpha value is -1.47. The van der Waals surface area contributed by atoms with E-state index in [0.717, 1.165) is 38.8 Å². The highest BCUT2D eigenvalue weighted by Gasteiger charge is 2.22. The van der Waals surface area contributed by atoms with Gasteiger partial charge in [-0.3, -0.25) is 0 Å². The zero-order chi connectivity index (χ0) is 19.6. The number of benzene rings is 1. The van der Waals surface area contributed by atoms with Crippen LogP contribution < -0.4 is 14.2 Å². The van der Waals surface area contributed by atoms with Crippen molar-refractivity contribution in [2.24, 2.45) is 0 Å². The van der Waals surface area contributed by atoms with Gasteiger partial charge in [-0.2, -0.15) is 0 Å². The Kier molecular flexibility index (Phi) is 9.80. The first-order chi connectivity index (χ1) is 12.4. The number of sulfone groups is 1. The maximum Gasteiger partial charge on any atom is 0.203 e. The van der Waals surface area contributed by atoms with Crippen LogP contribution in [0.25, 0.3) is 0 Å². The van der Waals surface area contributed by atoms with Gasteiger partial charge in [0.1, 0.15) is 0 Å². The molecular formula is C19H33NO5S. The summed E-state index contributed by atoms with van der Waals surface area (Å²) in [6, 6.07) is 3.00. The minimum Gasteiger partial charge on any atom is -0.493 e. The highest BCUT2D eigenvalue weighted by molar-refractivity contribution is 7.91. The van der Waals surface area contributed by atoms with Crippen LogP contribution in [0.5, 0.6) is 17.2 Å². The van der Waals surface area contributed by atoms with Crippen molar-refractivity contribution in [3.63, 3.8) is 0 Å². The molecule has 0 atom stereocenters. The van der Waals surface area contributed by atoms with E-state index in [0.29, 0.717) is 23.8 Å². The minimum absolute atomic E-state index is 0.0685. The van der Waals surface area contributed by atoms with Crippen molar-refractivity contribution in [2.45, 2.75) is 44.4 Å². The summed E-state index contributed by atoms with van der Waals surface area (Å²) in [5.74, 6) is 1.15. The molecule has 0 fully saturated rings. The molecular weight excluding hydrogens is 354 g/mol. The third-order valence-corrected chi connectivity index (χ3v) is 6.00. The van der Waals surface area contributed by atoms with Gasteiger partial charge >= 0.3 is 0 Å². The van der Waals surface area contributed by atoms with E-state index in [4.69, 9.17) is 14.2 Å². The lowest BCUT2D eigenvalue weighted by Gasteiger charge is -2.22. The van der Waals surface area contributed by atoms with E-state index in [1.807, 2.05) is 0 Å². The van der Waals surface area contributed by atoms with Crippen LogP contribution in [0, 0.1) is 0 Å². The number of hydrogen-bond acceptors (Lipinski definition) is 6. The molecule has 0 spiro atoms. The average molecular weight is 388 g/mol. The molecule has 0 amide bonds. The lowest BCUT2D eigenvalue weighted by molar-refractivity contribution is 0.280. The molecule has 0 bridgehead atoms. The van der Waals surface area contributed by atoms with Crippen molar-refractivity contribution in [3.05, 3.63) is 12.1 Å². The second kappa shape index (κ2) is 11.3. The highest BCUT2D eigenvalue weighted by atomic mass is 32.2. The second-order valence-corrected chi connectivity index (χ2v) is 8.34. The summed E-state index contributed by atoms with van der Waals surface area (Å²) in [6.45, 7) is 6.68. The molecule has 26 heavy (non-hydrogen) atoms. The number of nitrogens with zero attached hydrogens (tertiary/aromatic N) is 1. The van der Waals surface area contributed by atoms with E-state index in [1.165, 1.54) is 33.5 Å². The summed E-state index contributed by atoms with van der Waals surface area (Å²) in [5, 5.41) is 0. The molecule has 0 aliphatic rings. The Morgan fingerprint density at radius 1 is 0.846 bits per heavy atom. The van der Waals surface area contributed by atoms with Crippen LogP contribution in [0.4, 0.5) is 0 Å². The van der Waals surface area contributed by atoms with E-state index < -0.39 is 9.84 Å². The van der Waals surface area contributed by atoms with Crippen molar-refractivity contribution < 1.29 is 22.6 Å². The normalized spacial score (nSPS) is 11.6. The van der Waals surface area contributed by atoms with Gasteiger partial charge in [0.15, 0.2) is 21.3 Å². The van der Waals surface area contributed by atoms with Crippen LogP contribution in [0.3, 0.4) is 0 Å². The largest absolute Gasteiger partial charge is 0.493 e. The lowest BCUT2D eigenvalue weighted by atomic mass is 10.2. The summed E-state index contributed by atoms with van der Waals surface area (Å²) < 4.78 is 41.5. The van der Waals surface area contributed by atoms with E-state index in [1.54, 1.807) is 0 Å². The molecule has 0 heterocycles. The van der Waals surface area contributed by atoms with Crippen LogP contribution in [0.15, 0.2) is 17.0 Å². The van der Waals surface area contributed by atoms with Gasteiger partial charge in [0.2, 0.25) is 5.75 Å². The molecule has 0 unspecified atom stereocenters. The molecule has 0 saturated heterocycles. The highest BCUT2D eigenvalue weighted by Crippen LogP contribution is 2.39. The number of methoxy groups -OCH3 is 3. The molecule has 1 aromatic carbocycles. The van der Waals surface area contributed by atoms with Gasteiger partial charge in [-0.25, -0.2) is 8.42 Å². The fourth-order valence-electron chi connectivity index (χ4n) is 2.70. The molecule has 1 rings (SSSR count). The summed E-state index contributed by atoms with van der Waals surface area (Å²) in [6.07, 6.45) is 4.35. The van der Waals surface area contributed by atoms with Gasteiger partial charge in [0.05, 0.1) is 32.0 Å². The molecule has 1 aromatic rings. The fourth-order valence-corrected chi connectivity index (χ4v) is 4.01. The second-order valence-electron chi connectivity index (χ2n) is 6.23. The van der Waals surface area contributed by atoms with Gasteiger partial charge in [-0.1, -0.05) is 26.7 Å². The maximum atomic E-state index is 12.8. The number of hydrogen-bond donors (Lipinski definition) is 0. The Labute approximate surface area is 158 Å². The third-order valence-electron chi connectivity index (χ3n) is 4.33.